The second-order valence-electron chi connectivity index (χ2n) is 8.95. The number of ether oxygens (including phenoxy) is 3. The zero-order chi connectivity index (χ0) is 26.0. The summed E-state index contributed by atoms with van der Waals surface area (Å²) in [5.74, 6) is -2.41. The Kier molecular flexibility index (Phi) is 10.6. The van der Waals surface area contributed by atoms with Gasteiger partial charge in [-0.2, -0.15) is 0 Å². The maximum atomic E-state index is 13.2. The van der Waals surface area contributed by atoms with Gasteiger partial charge in [-0.3, -0.25) is 9.59 Å². The molecule has 0 heterocycles. The van der Waals surface area contributed by atoms with Crippen molar-refractivity contribution in [2.75, 3.05) is 7.11 Å². The van der Waals surface area contributed by atoms with Crippen LogP contribution >= 0.6 is 0 Å². The van der Waals surface area contributed by atoms with Crippen LogP contribution in [-0.4, -0.2) is 55.3 Å². The fraction of sp³-hybridized carbons (Fsp3) is 0.520. The number of hydrogen-bond acceptors (Lipinski definition) is 7. The van der Waals surface area contributed by atoms with E-state index in [-0.39, 0.29) is 30.6 Å². The minimum Gasteiger partial charge on any atom is -0.490 e. The van der Waals surface area contributed by atoms with Gasteiger partial charge in [0.05, 0.1) is 13.2 Å². The highest BCUT2D eigenvalue weighted by Gasteiger charge is 2.37. The summed E-state index contributed by atoms with van der Waals surface area (Å²) < 4.78 is 15.4. The van der Waals surface area contributed by atoms with Crippen molar-refractivity contribution in [3.63, 3.8) is 0 Å². The van der Waals surface area contributed by atoms with Crippen LogP contribution in [0.25, 0.3) is 0 Å². The van der Waals surface area contributed by atoms with E-state index in [2.05, 4.69) is 17.2 Å². The van der Waals surface area contributed by atoms with Crippen LogP contribution < -0.4 is 16.4 Å². The van der Waals surface area contributed by atoms with Crippen molar-refractivity contribution in [1.82, 2.24) is 10.6 Å². The quantitative estimate of drug-likeness (QED) is 0.218. The van der Waals surface area contributed by atoms with Gasteiger partial charge in [-0.1, -0.05) is 44.2 Å². The molecule has 0 spiro atoms. The lowest BCUT2D eigenvalue weighted by molar-refractivity contribution is -0.158. The molecular weight excluding hydrogens is 454 g/mol. The van der Waals surface area contributed by atoms with Crippen LogP contribution in [0, 0.1) is 5.92 Å². The molecule has 1 unspecified atom stereocenters. The van der Waals surface area contributed by atoms with Gasteiger partial charge in [-0.25, -0.2) is 9.59 Å². The molecule has 192 valence electrons. The summed E-state index contributed by atoms with van der Waals surface area (Å²) in [5.41, 5.74) is 5.95. The largest absolute Gasteiger partial charge is 0.490 e. The molecule has 0 bridgehead atoms. The predicted molar refractivity (Wildman–Crippen MR) is 128 cm³/mol. The summed E-state index contributed by atoms with van der Waals surface area (Å²) >= 11 is 0. The van der Waals surface area contributed by atoms with Crippen molar-refractivity contribution < 1.29 is 33.4 Å². The average Bonchev–Trinajstić information content (AvgIpc) is 2.78. The monoisotopic (exact) mass is 489 g/mol. The highest BCUT2D eigenvalue weighted by molar-refractivity contribution is 5.91. The Morgan fingerprint density at radius 3 is 2.26 bits per heavy atom. The first-order valence-corrected chi connectivity index (χ1v) is 11.6. The second-order valence-corrected chi connectivity index (χ2v) is 8.95. The molecule has 1 aliphatic carbocycles. The Labute approximate surface area is 205 Å². The smallest absolute Gasteiger partial charge is 0.405 e. The summed E-state index contributed by atoms with van der Waals surface area (Å²) in [6.07, 6.45) is -0.669. The van der Waals surface area contributed by atoms with Crippen molar-refractivity contribution in [2.24, 2.45) is 11.7 Å². The third kappa shape index (κ3) is 8.95. The van der Waals surface area contributed by atoms with Gasteiger partial charge in [-0.05, 0) is 50.2 Å². The number of primary amides is 1. The molecule has 0 aliphatic heterocycles. The van der Waals surface area contributed by atoms with Crippen molar-refractivity contribution in [3.8, 4) is 0 Å². The summed E-state index contributed by atoms with van der Waals surface area (Å²) in [5, 5.41) is 5.62. The topological polar surface area (TPSA) is 146 Å². The van der Waals surface area contributed by atoms with Crippen molar-refractivity contribution >= 4 is 23.9 Å². The van der Waals surface area contributed by atoms with Crippen LogP contribution in [0.15, 0.2) is 42.7 Å². The number of amides is 3. The van der Waals surface area contributed by atoms with E-state index in [1.165, 1.54) is 7.11 Å². The van der Waals surface area contributed by atoms with E-state index in [0.29, 0.717) is 0 Å². The first kappa shape index (κ1) is 27.7. The lowest BCUT2D eigenvalue weighted by Crippen LogP contribution is -2.57. The molecule has 0 radical (unpaired) electrons. The van der Waals surface area contributed by atoms with Crippen LogP contribution in [0.4, 0.5) is 4.79 Å². The predicted octanol–water partition coefficient (Wildman–Crippen LogP) is 1.96. The number of methoxy groups -OCH3 is 1. The standard InChI is InChI=1S/C25H35N3O7/c1-15(2)13-20(34-25(26)32)22(29)28-19(14-17-9-6-5-7-10-17)21(35-24(31)16(3)33-4)23(30)27-18-11-8-12-18/h5-7,9-10,15,18-21H,3,8,11-14H2,1-2,4H3,(H2,26,32)(H,27,30)(H,28,29)/t19-,20-,21?/m0/s1. The van der Waals surface area contributed by atoms with E-state index in [0.717, 1.165) is 24.8 Å². The van der Waals surface area contributed by atoms with Crippen LogP contribution in [-0.2, 0) is 35.0 Å². The highest BCUT2D eigenvalue weighted by atomic mass is 16.6. The lowest BCUT2D eigenvalue weighted by atomic mass is 9.92. The van der Waals surface area contributed by atoms with Gasteiger partial charge in [-0.15, -0.1) is 0 Å². The van der Waals surface area contributed by atoms with Crippen LogP contribution in [0.5, 0.6) is 0 Å². The van der Waals surface area contributed by atoms with Gasteiger partial charge < -0.3 is 30.6 Å². The molecule has 4 N–H and O–H groups in total. The summed E-state index contributed by atoms with van der Waals surface area (Å²) in [4.78, 5) is 50.3. The molecule has 0 saturated heterocycles. The summed E-state index contributed by atoms with van der Waals surface area (Å²) in [6.45, 7) is 7.20. The van der Waals surface area contributed by atoms with Crippen LogP contribution in [0.1, 0.15) is 45.1 Å². The molecule has 1 aliphatic rings. The third-order valence-corrected chi connectivity index (χ3v) is 5.65. The van der Waals surface area contributed by atoms with Gasteiger partial charge in [0.1, 0.15) is 0 Å². The number of nitrogens with two attached hydrogens (primary N) is 1. The highest BCUT2D eigenvalue weighted by Crippen LogP contribution is 2.20. The van der Waals surface area contributed by atoms with Crippen LogP contribution in [0.3, 0.4) is 0 Å². The lowest BCUT2D eigenvalue weighted by Gasteiger charge is -2.32. The Balaban J connectivity index is 2.36. The van der Waals surface area contributed by atoms with Gasteiger partial charge >= 0.3 is 12.1 Å². The third-order valence-electron chi connectivity index (χ3n) is 5.65. The molecule has 35 heavy (non-hydrogen) atoms. The van der Waals surface area contributed by atoms with E-state index in [1.807, 2.05) is 44.2 Å². The zero-order valence-corrected chi connectivity index (χ0v) is 20.5. The van der Waals surface area contributed by atoms with Crippen molar-refractivity contribution in [1.29, 1.82) is 0 Å². The maximum Gasteiger partial charge on any atom is 0.405 e. The minimum atomic E-state index is -1.40. The van der Waals surface area contributed by atoms with E-state index in [1.54, 1.807) is 0 Å². The number of hydrogen-bond donors (Lipinski definition) is 3. The molecule has 3 atom stereocenters. The SMILES string of the molecule is C=C(OC)C(=O)OC(C(=O)NC1CCC1)[C@H](Cc1ccccc1)NC(=O)[C@H](CC(C)C)OC(N)=O. The second kappa shape index (κ2) is 13.4. The first-order chi connectivity index (χ1) is 16.6. The minimum absolute atomic E-state index is 0.0123. The number of nitrogens with one attached hydrogen (secondary N) is 2. The molecule has 10 nitrogen and oxygen atoms in total. The fourth-order valence-electron chi connectivity index (χ4n) is 3.57. The number of benzene rings is 1. The van der Waals surface area contributed by atoms with E-state index in [9.17, 15) is 19.2 Å². The molecule has 2 rings (SSSR count). The first-order valence-electron chi connectivity index (χ1n) is 11.6. The number of esters is 1. The molecular formula is C25H35N3O7. The Morgan fingerprint density at radius 1 is 1.09 bits per heavy atom. The van der Waals surface area contributed by atoms with Crippen LogP contribution in [0.2, 0.25) is 0 Å². The van der Waals surface area contributed by atoms with E-state index in [4.69, 9.17) is 19.9 Å². The Bertz CT molecular complexity index is 900. The van der Waals surface area contributed by atoms with Crippen molar-refractivity contribution in [3.05, 3.63) is 48.2 Å². The number of carbonyl (C=O) groups is 4. The van der Waals surface area contributed by atoms with Gasteiger partial charge in [0.15, 0.2) is 11.9 Å². The van der Waals surface area contributed by atoms with E-state index >= 15 is 0 Å². The zero-order valence-electron chi connectivity index (χ0n) is 20.5. The Hall–Kier alpha value is -3.56. The van der Waals surface area contributed by atoms with Gasteiger partial charge in [0, 0.05) is 6.04 Å². The molecule has 1 aromatic rings. The molecule has 10 heteroatoms. The van der Waals surface area contributed by atoms with Gasteiger partial charge in [0.2, 0.25) is 6.10 Å². The number of carbonyl (C=O) groups excluding carboxylic acids is 4. The summed E-state index contributed by atoms with van der Waals surface area (Å²) in [7, 11) is 1.26. The van der Waals surface area contributed by atoms with Crippen molar-refractivity contribution in [2.45, 2.75) is 70.2 Å². The molecule has 1 aromatic carbocycles. The normalized spacial score (nSPS) is 15.7. The Morgan fingerprint density at radius 2 is 1.74 bits per heavy atom. The molecule has 3 amide bonds. The average molecular weight is 490 g/mol. The van der Waals surface area contributed by atoms with Gasteiger partial charge in [0.25, 0.3) is 11.8 Å². The fourth-order valence-corrected chi connectivity index (χ4v) is 3.57. The summed E-state index contributed by atoms with van der Waals surface area (Å²) in [6, 6.07) is 8.09. The maximum absolute atomic E-state index is 13.2. The molecule has 1 saturated carbocycles. The van der Waals surface area contributed by atoms with E-state index < -0.39 is 42.1 Å². The number of rotatable bonds is 13. The molecule has 1 fully saturated rings. The molecule has 0 aromatic heterocycles.